The fourth-order valence-corrected chi connectivity index (χ4v) is 5.31. The number of rotatable bonds is 3. The monoisotopic (exact) mass is 399 g/mol. The second kappa shape index (κ2) is 6.63. The van der Waals surface area contributed by atoms with Crippen molar-refractivity contribution in [2.75, 3.05) is 11.9 Å². The number of hydrogen-bond donors (Lipinski definition) is 2. The first-order chi connectivity index (χ1) is 13.5. The molecule has 4 atom stereocenters. The van der Waals surface area contributed by atoms with Crippen molar-refractivity contribution in [3.05, 3.63) is 29.3 Å². The molecule has 0 aliphatic carbocycles. The fourth-order valence-electron chi connectivity index (χ4n) is 4.46. The number of anilines is 1. The van der Waals surface area contributed by atoms with Crippen LogP contribution < -0.4 is 10.2 Å². The van der Waals surface area contributed by atoms with Crippen molar-refractivity contribution in [3.8, 4) is 17.0 Å². The number of hydrogen-bond acceptors (Lipinski definition) is 7. The standard InChI is InChI=1S/C20H22FN5OS/c1-10-22-15-9-17(27)12(8-18(15)28-10)13-5-6-19(25-24-13)26(2)16-7-11-3-4-14(23-11)20(16)21/h5-6,8-9,11,14,16,20,23,27H,3-4,7H2,1-2H3/t11?,14?,16-,20+/m1/s1. The first-order valence-corrected chi connectivity index (χ1v) is 10.4. The van der Waals surface area contributed by atoms with Gasteiger partial charge in [0.05, 0.1) is 27.0 Å². The molecule has 0 spiro atoms. The van der Waals surface area contributed by atoms with Crippen LogP contribution in [-0.2, 0) is 0 Å². The van der Waals surface area contributed by atoms with Crippen LogP contribution in [0.25, 0.3) is 21.5 Å². The van der Waals surface area contributed by atoms with Crippen molar-refractivity contribution in [2.45, 2.75) is 50.5 Å². The maximum absolute atomic E-state index is 14.8. The molecule has 1 aromatic carbocycles. The topological polar surface area (TPSA) is 74.2 Å². The van der Waals surface area contributed by atoms with Gasteiger partial charge < -0.3 is 15.3 Å². The number of fused-ring (bicyclic) bond motifs is 3. The summed E-state index contributed by atoms with van der Waals surface area (Å²) in [5, 5.41) is 23.3. The number of aromatic hydroxyl groups is 1. The van der Waals surface area contributed by atoms with E-state index in [4.69, 9.17) is 0 Å². The Morgan fingerprint density at radius 2 is 2.11 bits per heavy atom. The van der Waals surface area contributed by atoms with Crippen LogP contribution in [-0.4, -0.2) is 51.6 Å². The van der Waals surface area contributed by atoms with Gasteiger partial charge in [-0.2, -0.15) is 0 Å². The molecule has 146 valence electrons. The lowest BCUT2D eigenvalue weighted by atomic mass is 9.96. The lowest BCUT2D eigenvalue weighted by molar-refractivity contribution is 0.176. The summed E-state index contributed by atoms with van der Waals surface area (Å²) in [6, 6.07) is 7.38. The van der Waals surface area contributed by atoms with E-state index in [0.29, 0.717) is 23.1 Å². The molecule has 2 fully saturated rings. The number of nitrogens with one attached hydrogen (secondary N) is 1. The number of aryl methyl sites for hydroxylation is 1. The molecule has 2 bridgehead atoms. The summed E-state index contributed by atoms with van der Waals surface area (Å²) in [6.07, 6.45) is 1.81. The van der Waals surface area contributed by atoms with E-state index in [2.05, 4.69) is 20.5 Å². The zero-order valence-electron chi connectivity index (χ0n) is 15.8. The summed E-state index contributed by atoms with van der Waals surface area (Å²) in [4.78, 5) is 6.30. The van der Waals surface area contributed by atoms with Crippen LogP contribution in [0.2, 0.25) is 0 Å². The van der Waals surface area contributed by atoms with Gasteiger partial charge in [-0.1, -0.05) is 0 Å². The van der Waals surface area contributed by atoms with Crippen molar-refractivity contribution in [3.63, 3.8) is 0 Å². The van der Waals surface area contributed by atoms with Crippen molar-refractivity contribution < 1.29 is 9.50 Å². The Morgan fingerprint density at radius 1 is 1.25 bits per heavy atom. The lowest BCUT2D eigenvalue weighted by Gasteiger charge is -2.38. The summed E-state index contributed by atoms with van der Waals surface area (Å²) < 4.78 is 15.8. The molecule has 2 saturated heterocycles. The molecule has 2 aliphatic rings. The molecule has 3 aromatic rings. The van der Waals surface area contributed by atoms with Crippen molar-refractivity contribution in [1.82, 2.24) is 20.5 Å². The fraction of sp³-hybridized carbons (Fsp3) is 0.450. The molecule has 0 saturated carbocycles. The Balaban J connectivity index is 1.42. The average molecular weight is 399 g/mol. The summed E-state index contributed by atoms with van der Waals surface area (Å²) in [6.45, 7) is 1.94. The van der Waals surface area contributed by atoms with E-state index in [0.717, 1.165) is 34.5 Å². The minimum absolute atomic E-state index is 0.0510. The van der Waals surface area contributed by atoms with E-state index >= 15 is 0 Å². The number of aromatic nitrogens is 3. The van der Waals surface area contributed by atoms with Crippen LogP contribution in [0.15, 0.2) is 24.3 Å². The smallest absolute Gasteiger partial charge is 0.151 e. The van der Waals surface area contributed by atoms with E-state index in [1.165, 1.54) is 0 Å². The van der Waals surface area contributed by atoms with Crippen LogP contribution in [0.1, 0.15) is 24.3 Å². The van der Waals surface area contributed by atoms with Gasteiger partial charge in [0.2, 0.25) is 0 Å². The normalized spacial score (nSPS) is 26.7. The third-order valence-corrected chi connectivity index (χ3v) is 6.89. The third kappa shape index (κ3) is 2.91. The minimum Gasteiger partial charge on any atom is -0.507 e. The maximum atomic E-state index is 14.8. The predicted molar refractivity (Wildman–Crippen MR) is 109 cm³/mol. The number of phenolic OH excluding ortho intramolecular Hbond substituents is 1. The van der Waals surface area contributed by atoms with Crippen LogP contribution in [0, 0.1) is 6.92 Å². The maximum Gasteiger partial charge on any atom is 0.151 e. The molecule has 6 nitrogen and oxygen atoms in total. The van der Waals surface area contributed by atoms with E-state index in [1.54, 1.807) is 17.4 Å². The van der Waals surface area contributed by atoms with Gasteiger partial charge >= 0.3 is 0 Å². The van der Waals surface area contributed by atoms with E-state index in [1.807, 2.05) is 37.1 Å². The number of nitrogens with zero attached hydrogens (tertiary/aromatic N) is 4. The Labute approximate surface area is 166 Å². The zero-order chi connectivity index (χ0) is 19.4. The van der Waals surface area contributed by atoms with Gasteiger partial charge in [-0.3, -0.25) is 0 Å². The Bertz CT molecular complexity index is 1020. The SMILES string of the molecule is Cc1nc2cc(O)c(-c3ccc(N(C)[C@@H]4CC5CCC(N5)[C@@H]4F)nn3)cc2s1. The highest BCUT2D eigenvalue weighted by Crippen LogP contribution is 2.36. The first kappa shape index (κ1) is 17.8. The second-order valence-electron chi connectivity index (χ2n) is 7.75. The van der Waals surface area contributed by atoms with Crippen LogP contribution in [0.3, 0.4) is 0 Å². The van der Waals surface area contributed by atoms with E-state index < -0.39 is 6.17 Å². The first-order valence-electron chi connectivity index (χ1n) is 9.57. The molecule has 0 amide bonds. The highest BCUT2D eigenvalue weighted by Gasteiger charge is 2.43. The van der Waals surface area contributed by atoms with Crippen molar-refractivity contribution in [1.29, 1.82) is 0 Å². The Morgan fingerprint density at radius 3 is 2.89 bits per heavy atom. The summed E-state index contributed by atoms with van der Waals surface area (Å²) in [5.41, 5.74) is 1.99. The molecular weight excluding hydrogens is 377 g/mol. The second-order valence-corrected chi connectivity index (χ2v) is 8.99. The third-order valence-electron chi connectivity index (χ3n) is 5.95. The Hall–Kier alpha value is -2.32. The van der Waals surface area contributed by atoms with Crippen LogP contribution >= 0.6 is 11.3 Å². The molecule has 2 N–H and O–H groups in total. The largest absolute Gasteiger partial charge is 0.507 e. The lowest BCUT2D eigenvalue weighted by Crippen LogP contribution is -2.55. The zero-order valence-corrected chi connectivity index (χ0v) is 16.6. The minimum atomic E-state index is -0.911. The van der Waals surface area contributed by atoms with Gasteiger partial charge in [-0.05, 0) is 44.4 Å². The number of thiazole rings is 1. The molecule has 4 heterocycles. The molecule has 2 unspecified atom stereocenters. The van der Waals surface area contributed by atoms with E-state index in [9.17, 15) is 9.50 Å². The number of phenols is 1. The Kier molecular flexibility index (Phi) is 4.21. The molecule has 2 aromatic heterocycles. The molecule has 28 heavy (non-hydrogen) atoms. The summed E-state index contributed by atoms with van der Waals surface area (Å²) >= 11 is 1.58. The van der Waals surface area contributed by atoms with Gasteiger partial charge in [-0.15, -0.1) is 21.5 Å². The molecule has 2 aliphatic heterocycles. The van der Waals surface area contributed by atoms with Gasteiger partial charge in [-0.25, -0.2) is 9.37 Å². The molecular formula is C20H22FN5OS. The van der Waals surface area contributed by atoms with E-state index in [-0.39, 0.29) is 17.8 Å². The number of piperidine rings is 1. The average Bonchev–Trinajstić information content (AvgIpc) is 3.26. The van der Waals surface area contributed by atoms with Crippen LogP contribution in [0.5, 0.6) is 5.75 Å². The summed E-state index contributed by atoms with van der Waals surface area (Å²) in [7, 11) is 1.88. The van der Waals surface area contributed by atoms with Gasteiger partial charge in [0.1, 0.15) is 11.9 Å². The molecule has 5 rings (SSSR count). The number of alkyl halides is 1. The number of halogens is 1. The van der Waals surface area contributed by atoms with Gasteiger partial charge in [0.25, 0.3) is 0 Å². The number of benzene rings is 1. The molecule has 8 heteroatoms. The van der Waals surface area contributed by atoms with Crippen molar-refractivity contribution >= 4 is 27.4 Å². The quantitative estimate of drug-likeness (QED) is 0.703. The highest BCUT2D eigenvalue weighted by atomic mass is 32.1. The van der Waals surface area contributed by atoms with Crippen molar-refractivity contribution in [2.24, 2.45) is 0 Å². The predicted octanol–water partition coefficient (Wildman–Crippen LogP) is 3.43. The molecule has 0 radical (unpaired) electrons. The van der Waals surface area contributed by atoms with Gasteiger partial charge in [0, 0.05) is 30.8 Å². The summed E-state index contributed by atoms with van der Waals surface area (Å²) in [5.74, 6) is 0.777. The van der Waals surface area contributed by atoms with Gasteiger partial charge in [0.15, 0.2) is 5.82 Å². The van der Waals surface area contributed by atoms with Crippen LogP contribution in [0.4, 0.5) is 10.2 Å². The highest BCUT2D eigenvalue weighted by molar-refractivity contribution is 7.18.